The van der Waals surface area contributed by atoms with Crippen LogP contribution in [0.15, 0.2) is 84.9 Å². The van der Waals surface area contributed by atoms with Crippen molar-refractivity contribution in [1.82, 2.24) is 0 Å². The summed E-state index contributed by atoms with van der Waals surface area (Å²) in [4.78, 5) is 0. The first kappa shape index (κ1) is 18.1. The van der Waals surface area contributed by atoms with Crippen LogP contribution < -0.4 is 0 Å². The minimum atomic E-state index is -0.344. The van der Waals surface area contributed by atoms with Gasteiger partial charge in [-0.2, -0.15) is 0 Å². The Hall–Kier alpha value is -2.75. The monoisotopic (exact) mass is 398 g/mol. The lowest BCUT2D eigenvalue weighted by molar-refractivity contribution is -1.18. The first-order valence-electron chi connectivity index (χ1n) is 10.9. The topological polar surface area (TPSA) is 0 Å². The van der Waals surface area contributed by atoms with Crippen LogP contribution >= 0.6 is 0 Å². The third-order valence-corrected chi connectivity index (χ3v) is 7.66. The van der Waals surface area contributed by atoms with Gasteiger partial charge in [0.1, 0.15) is 13.1 Å². The van der Waals surface area contributed by atoms with Crippen LogP contribution in [-0.4, -0.2) is 42.4 Å². The number of hydrogen-bond donors (Lipinski definition) is 0. The maximum Gasteiger partial charge on any atom is 0.207 e. The lowest BCUT2D eigenvalue weighted by atomic mass is 9.83. The van der Waals surface area contributed by atoms with E-state index < -0.39 is 0 Å². The smallest absolute Gasteiger partial charge is 0.207 e. The van der Waals surface area contributed by atoms with Crippen molar-refractivity contribution < 1.29 is 13.7 Å². The van der Waals surface area contributed by atoms with Gasteiger partial charge in [0.05, 0.1) is 7.05 Å². The molecule has 0 unspecified atom stereocenters. The van der Waals surface area contributed by atoms with Crippen molar-refractivity contribution in [2.24, 2.45) is 0 Å². The van der Waals surface area contributed by atoms with Crippen LogP contribution in [0.4, 0.5) is 4.48 Å². The van der Waals surface area contributed by atoms with E-state index in [0.717, 1.165) is 23.1 Å². The van der Waals surface area contributed by atoms with E-state index in [4.69, 9.17) is 0 Å². The first-order chi connectivity index (χ1) is 14.6. The largest absolute Gasteiger partial charge is 0.305 e. The third kappa shape index (κ3) is 2.62. The minimum absolute atomic E-state index is 0.114. The van der Waals surface area contributed by atoms with E-state index in [-0.39, 0.29) is 16.8 Å². The molecule has 7 rings (SSSR count). The maximum absolute atomic E-state index is 16.4. The molecule has 2 atom stereocenters. The molecular formula is C27H27FN2+2. The average molecular weight is 399 g/mol. The van der Waals surface area contributed by atoms with Crippen molar-refractivity contribution in [3.63, 3.8) is 0 Å². The summed E-state index contributed by atoms with van der Waals surface area (Å²) in [7, 11) is 2.33. The lowest BCUT2D eigenvalue weighted by Crippen LogP contribution is -2.72. The number of quaternary nitrogens is 2. The highest BCUT2D eigenvalue weighted by molar-refractivity contribution is 5.84. The molecule has 0 saturated carbocycles. The minimum Gasteiger partial charge on any atom is -0.305 e. The van der Waals surface area contributed by atoms with Crippen molar-refractivity contribution in [3.8, 4) is 0 Å². The van der Waals surface area contributed by atoms with Crippen LogP contribution in [0, 0.1) is 0 Å². The zero-order valence-corrected chi connectivity index (χ0v) is 17.3. The summed E-state index contributed by atoms with van der Waals surface area (Å²) in [6, 6.07) is 30.1. The number of rotatable bonds is 2. The molecule has 2 bridgehead atoms. The van der Waals surface area contributed by atoms with Gasteiger partial charge >= 0.3 is 0 Å². The van der Waals surface area contributed by atoms with E-state index in [9.17, 15) is 0 Å². The van der Waals surface area contributed by atoms with Crippen LogP contribution in [0.1, 0.15) is 23.2 Å². The molecule has 4 aromatic rings. The van der Waals surface area contributed by atoms with E-state index in [0.29, 0.717) is 13.1 Å². The zero-order valence-electron chi connectivity index (χ0n) is 17.3. The third-order valence-electron chi connectivity index (χ3n) is 7.66. The Morgan fingerprint density at radius 1 is 0.600 bits per heavy atom. The Morgan fingerprint density at radius 3 is 1.60 bits per heavy atom. The Kier molecular flexibility index (Phi) is 3.83. The molecule has 0 radical (unpaired) electrons. The highest BCUT2D eigenvalue weighted by Gasteiger charge is 2.63. The standard InChI is InChI=1S/C27H27FN2/c1-29-14-16-30(28,17-15-29)27(25-13-11-21-7-3-5-9-23(21)19-25)26(29)24-12-10-20-6-2-4-8-22(20)18-24/h2-13,18-19,26-27H,14-17H2,1H3/q+2/t26-,27+,29?,30?/m1/s1. The van der Waals surface area contributed by atoms with Crippen LogP contribution in [0.2, 0.25) is 0 Å². The average Bonchev–Trinajstić information content (AvgIpc) is 2.79. The highest BCUT2D eigenvalue weighted by atomic mass is 19.2. The second kappa shape index (κ2) is 6.37. The number of benzene rings is 4. The van der Waals surface area contributed by atoms with Gasteiger partial charge in [0.2, 0.25) is 6.04 Å². The second-order valence-corrected chi connectivity index (χ2v) is 9.40. The van der Waals surface area contributed by atoms with Crippen molar-refractivity contribution in [2.75, 3.05) is 33.2 Å². The normalized spacial score (nSPS) is 30.7. The predicted octanol–water partition coefficient (Wildman–Crippen LogP) is 5.95. The van der Waals surface area contributed by atoms with Gasteiger partial charge in [0.15, 0.2) is 19.1 Å². The number of likely N-dealkylation sites (N-methyl/N-ethyl adjacent to an activating group) is 1. The van der Waals surface area contributed by atoms with Gasteiger partial charge in [0, 0.05) is 11.1 Å². The molecule has 2 nitrogen and oxygen atoms in total. The fourth-order valence-electron chi connectivity index (χ4n) is 5.94. The molecule has 3 aliphatic heterocycles. The fraction of sp³-hybridized carbons (Fsp3) is 0.259. The molecule has 0 N–H and O–H groups in total. The summed E-state index contributed by atoms with van der Waals surface area (Å²) in [6.45, 7) is 2.96. The first-order valence-corrected chi connectivity index (χ1v) is 10.9. The fourth-order valence-corrected chi connectivity index (χ4v) is 5.94. The molecule has 0 spiro atoms. The van der Waals surface area contributed by atoms with Gasteiger partial charge in [-0.05, 0) is 38.2 Å². The number of nitrogens with zero attached hydrogens (tertiary/aromatic N) is 2. The maximum atomic E-state index is 16.4. The summed E-state index contributed by atoms with van der Waals surface area (Å²) in [5, 5.41) is 4.89. The van der Waals surface area contributed by atoms with Crippen LogP contribution in [0.25, 0.3) is 21.5 Å². The molecule has 3 saturated heterocycles. The highest BCUT2D eigenvalue weighted by Crippen LogP contribution is 2.53. The predicted molar refractivity (Wildman–Crippen MR) is 120 cm³/mol. The van der Waals surface area contributed by atoms with Gasteiger partial charge in [0.25, 0.3) is 0 Å². The van der Waals surface area contributed by atoms with Crippen molar-refractivity contribution in [3.05, 3.63) is 96.1 Å². The molecule has 150 valence electrons. The Bertz CT molecular complexity index is 1160. The van der Waals surface area contributed by atoms with Crippen molar-refractivity contribution in [1.29, 1.82) is 0 Å². The summed E-state index contributed by atoms with van der Waals surface area (Å²) >= 11 is 0. The quantitative estimate of drug-likeness (QED) is 0.289. The summed E-state index contributed by atoms with van der Waals surface area (Å²) in [5.41, 5.74) is 2.38. The van der Waals surface area contributed by atoms with E-state index in [2.05, 4.69) is 92.0 Å². The van der Waals surface area contributed by atoms with Crippen LogP contribution in [0.5, 0.6) is 0 Å². The molecule has 0 aromatic heterocycles. The van der Waals surface area contributed by atoms with Gasteiger partial charge in [-0.1, -0.05) is 72.8 Å². The van der Waals surface area contributed by atoms with E-state index >= 15 is 4.48 Å². The molecule has 4 aromatic carbocycles. The molecule has 30 heavy (non-hydrogen) atoms. The van der Waals surface area contributed by atoms with Gasteiger partial charge < -0.3 is 4.48 Å². The number of halogens is 1. The summed E-state index contributed by atoms with van der Waals surface area (Å²) in [6.07, 6.45) is 0. The lowest BCUT2D eigenvalue weighted by Gasteiger charge is -2.57. The van der Waals surface area contributed by atoms with Crippen molar-refractivity contribution >= 4 is 21.5 Å². The molecule has 3 heterocycles. The van der Waals surface area contributed by atoms with Gasteiger partial charge in [-0.3, -0.25) is 0 Å². The van der Waals surface area contributed by atoms with Crippen LogP contribution in [0.3, 0.4) is 0 Å². The van der Waals surface area contributed by atoms with Crippen LogP contribution in [-0.2, 0) is 0 Å². The summed E-state index contributed by atoms with van der Waals surface area (Å²) in [5.74, 6) is 0. The molecule has 3 aliphatic rings. The Morgan fingerprint density at radius 2 is 1.07 bits per heavy atom. The molecular weight excluding hydrogens is 371 g/mol. The van der Waals surface area contributed by atoms with E-state index in [1.54, 1.807) is 0 Å². The molecule has 0 amide bonds. The van der Waals surface area contributed by atoms with E-state index in [1.165, 1.54) is 27.1 Å². The summed E-state index contributed by atoms with van der Waals surface area (Å²) < 4.78 is 17.0. The zero-order chi connectivity index (χ0) is 20.3. The molecule has 0 aliphatic carbocycles. The van der Waals surface area contributed by atoms with Gasteiger partial charge in [-0.15, -0.1) is 4.71 Å². The molecule has 3 fully saturated rings. The number of fused-ring (bicyclic) bond motifs is 5. The number of piperazine rings is 3. The van der Waals surface area contributed by atoms with E-state index in [1.807, 2.05) is 0 Å². The SMILES string of the molecule is C[N+]12CC[N+](F)(CC1)[C@@H](c1ccc3ccccc3c1)[C@H]2c1ccc2ccccc2c1. The van der Waals surface area contributed by atoms with Gasteiger partial charge in [-0.25, -0.2) is 0 Å². The number of hydrogen-bond acceptors (Lipinski definition) is 0. The molecule has 3 heteroatoms. The Labute approximate surface area is 176 Å². The van der Waals surface area contributed by atoms with Crippen molar-refractivity contribution in [2.45, 2.75) is 12.1 Å². The second-order valence-electron chi connectivity index (χ2n) is 9.40. The Balaban J connectivity index is 1.55.